The number of ether oxygens (including phenoxy) is 3. The minimum absolute atomic E-state index is 0.407. The first kappa shape index (κ1) is 16.6. The molecular weight excluding hydrogens is 292 g/mol. The molecule has 0 aliphatic rings. The third-order valence-corrected chi connectivity index (χ3v) is 3.52. The maximum absolute atomic E-state index is 11.8. The monoisotopic (exact) mass is 312 g/mol. The summed E-state index contributed by atoms with van der Waals surface area (Å²) in [6.45, 7) is 2.02. The smallest absolute Gasteiger partial charge is 0.331 e. The number of carbonyl (C=O) groups is 1. The summed E-state index contributed by atoms with van der Waals surface area (Å²) in [5.74, 6) is 0.834. The summed E-state index contributed by atoms with van der Waals surface area (Å²) in [6, 6.07) is 13.5. The SMILES string of the molecule is COC(=O)/C=C(\c1ccc(C)cc1)c1ccc(OC)c(OC)c1. The van der Waals surface area contributed by atoms with Gasteiger partial charge in [-0.15, -0.1) is 0 Å². The van der Waals surface area contributed by atoms with Crippen molar-refractivity contribution in [2.24, 2.45) is 0 Å². The lowest BCUT2D eigenvalue weighted by Gasteiger charge is -2.13. The van der Waals surface area contributed by atoms with Crippen molar-refractivity contribution >= 4 is 11.5 Å². The van der Waals surface area contributed by atoms with E-state index in [1.807, 2.05) is 49.4 Å². The van der Waals surface area contributed by atoms with E-state index in [-0.39, 0.29) is 0 Å². The second-order valence-electron chi connectivity index (χ2n) is 5.02. The highest BCUT2D eigenvalue weighted by Gasteiger charge is 2.12. The number of methoxy groups -OCH3 is 3. The van der Waals surface area contributed by atoms with E-state index in [1.54, 1.807) is 14.2 Å². The molecular formula is C19H20O4. The van der Waals surface area contributed by atoms with Gasteiger partial charge < -0.3 is 14.2 Å². The van der Waals surface area contributed by atoms with Crippen LogP contribution in [0, 0.1) is 6.92 Å². The third kappa shape index (κ3) is 3.92. The molecule has 0 bridgehead atoms. The minimum Gasteiger partial charge on any atom is -0.493 e. The molecule has 0 saturated carbocycles. The lowest BCUT2D eigenvalue weighted by atomic mass is 9.96. The van der Waals surface area contributed by atoms with Crippen LogP contribution < -0.4 is 9.47 Å². The lowest BCUT2D eigenvalue weighted by Crippen LogP contribution is -1.99. The van der Waals surface area contributed by atoms with Gasteiger partial charge in [0.15, 0.2) is 11.5 Å². The first-order chi connectivity index (χ1) is 11.1. The van der Waals surface area contributed by atoms with Gasteiger partial charge in [-0.2, -0.15) is 0 Å². The quantitative estimate of drug-likeness (QED) is 0.625. The van der Waals surface area contributed by atoms with Crippen LogP contribution in [0.3, 0.4) is 0 Å². The molecule has 2 rings (SSSR count). The average Bonchev–Trinajstić information content (AvgIpc) is 2.59. The molecule has 0 aromatic heterocycles. The zero-order valence-electron chi connectivity index (χ0n) is 13.8. The molecule has 2 aromatic rings. The summed E-state index contributed by atoms with van der Waals surface area (Å²) >= 11 is 0. The van der Waals surface area contributed by atoms with E-state index in [2.05, 4.69) is 0 Å². The van der Waals surface area contributed by atoms with E-state index in [0.29, 0.717) is 11.5 Å². The number of hydrogen-bond donors (Lipinski definition) is 0. The highest BCUT2D eigenvalue weighted by Crippen LogP contribution is 2.33. The summed E-state index contributed by atoms with van der Waals surface area (Å²) in [5.41, 5.74) is 3.68. The van der Waals surface area contributed by atoms with E-state index in [9.17, 15) is 4.79 Å². The number of hydrogen-bond acceptors (Lipinski definition) is 4. The number of rotatable bonds is 5. The standard InChI is InChI=1S/C19H20O4/c1-13-5-7-14(8-6-13)16(12-19(20)23-4)15-9-10-17(21-2)18(11-15)22-3/h5-12H,1-4H3/b16-12+. The van der Waals surface area contributed by atoms with Gasteiger partial charge in [0.05, 0.1) is 21.3 Å². The zero-order valence-corrected chi connectivity index (χ0v) is 13.8. The van der Waals surface area contributed by atoms with Crippen LogP contribution in [0.4, 0.5) is 0 Å². The largest absolute Gasteiger partial charge is 0.493 e. The van der Waals surface area contributed by atoms with Crippen LogP contribution in [-0.4, -0.2) is 27.3 Å². The molecule has 0 saturated heterocycles. The van der Waals surface area contributed by atoms with Gasteiger partial charge in [-0.3, -0.25) is 0 Å². The molecule has 0 unspecified atom stereocenters. The molecule has 0 atom stereocenters. The van der Waals surface area contributed by atoms with Crippen molar-refractivity contribution in [1.82, 2.24) is 0 Å². The van der Waals surface area contributed by atoms with E-state index in [4.69, 9.17) is 14.2 Å². The van der Waals surface area contributed by atoms with Crippen molar-refractivity contribution in [1.29, 1.82) is 0 Å². The van der Waals surface area contributed by atoms with Gasteiger partial charge in [0.2, 0.25) is 0 Å². The highest BCUT2D eigenvalue weighted by atomic mass is 16.5. The fourth-order valence-electron chi connectivity index (χ4n) is 2.25. The predicted octanol–water partition coefficient (Wildman–Crippen LogP) is 3.62. The molecule has 0 aliphatic carbocycles. The first-order valence-corrected chi connectivity index (χ1v) is 7.18. The normalized spacial score (nSPS) is 11.0. The Morgan fingerprint density at radius 3 is 2.04 bits per heavy atom. The van der Waals surface area contributed by atoms with Crippen LogP contribution in [0.1, 0.15) is 16.7 Å². The van der Waals surface area contributed by atoms with E-state index in [1.165, 1.54) is 13.2 Å². The van der Waals surface area contributed by atoms with Crippen LogP contribution in [-0.2, 0) is 9.53 Å². The van der Waals surface area contributed by atoms with Crippen LogP contribution in [0.2, 0.25) is 0 Å². The molecule has 0 N–H and O–H groups in total. The molecule has 0 radical (unpaired) electrons. The maximum atomic E-state index is 11.8. The molecule has 0 fully saturated rings. The number of aryl methyl sites for hydroxylation is 1. The van der Waals surface area contributed by atoms with Crippen molar-refractivity contribution in [2.75, 3.05) is 21.3 Å². The van der Waals surface area contributed by atoms with Crippen molar-refractivity contribution < 1.29 is 19.0 Å². The van der Waals surface area contributed by atoms with Crippen molar-refractivity contribution in [2.45, 2.75) is 6.92 Å². The number of benzene rings is 2. The topological polar surface area (TPSA) is 44.8 Å². The molecule has 23 heavy (non-hydrogen) atoms. The van der Waals surface area contributed by atoms with Gasteiger partial charge in [-0.05, 0) is 35.8 Å². The summed E-state index contributed by atoms with van der Waals surface area (Å²) in [6.07, 6.45) is 1.48. The van der Waals surface area contributed by atoms with Gasteiger partial charge in [0.1, 0.15) is 0 Å². The molecule has 0 aliphatic heterocycles. The van der Waals surface area contributed by atoms with Gasteiger partial charge >= 0.3 is 5.97 Å². The van der Waals surface area contributed by atoms with E-state index >= 15 is 0 Å². The molecule has 0 heterocycles. The molecule has 4 nitrogen and oxygen atoms in total. The maximum Gasteiger partial charge on any atom is 0.331 e. The Labute approximate surface area is 136 Å². The molecule has 0 amide bonds. The zero-order chi connectivity index (χ0) is 16.8. The van der Waals surface area contributed by atoms with E-state index in [0.717, 1.165) is 22.3 Å². The summed E-state index contributed by atoms with van der Waals surface area (Å²) in [7, 11) is 4.53. The Balaban J connectivity index is 2.56. The first-order valence-electron chi connectivity index (χ1n) is 7.18. The number of carbonyl (C=O) groups excluding carboxylic acids is 1. The molecule has 4 heteroatoms. The third-order valence-electron chi connectivity index (χ3n) is 3.52. The summed E-state index contributed by atoms with van der Waals surface area (Å²) in [5, 5.41) is 0. The second kappa shape index (κ2) is 7.49. The summed E-state index contributed by atoms with van der Waals surface area (Å²) in [4.78, 5) is 11.8. The van der Waals surface area contributed by atoms with Gasteiger partial charge in [0.25, 0.3) is 0 Å². The Bertz CT molecular complexity index is 715. The average molecular weight is 312 g/mol. The minimum atomic E-state index is -0.407. The van der Waals surface area contributed by atoms with Crippen LogP contribution in [0.15, 0.2) is 48.5 Å². The van der Waals surface area contributed by atoms with Crippen LogP contribution in [0.5, 0.6) is 11.5 Å². The Morgan fingerprint density at radius 2 is 1.48 bits per heavy atom. The predicted molar refractivity (Wildman–Crippen MR) is 89.8 cm³/mol. The lowest BCUT2D eigenvalue weighted by molar-refractivity contribution is -0.134. The fourth-order valence-corrected chi connectivity index (χ4v) is 2.25. The van der Waals surface area contributed by atoms with Gasteiger partial charge in [0, 0.05) is 6.08 Å². The molecule has 2 aromatic carbocycles. The second-order valence-corrected chi connectivity index (χ2v) is 5.02. The fraction of sp³-hybridized carbons (Fsp3) is 0.211. The van der Waals surface area contributed by atoms with Crippen LogP contribution in [0.25, 0.3) is 5.57 Å². The Hall–Kier alpha value is -2.75. The van der Waals surface area contributed by atoms with E-state index < -0.39 is 5.97 Å². The molecule has 0 spiro atoms. The van der Waals surface area contributed by atoms with Crippen molar-refractivity contribution in [3.63, 3.8) is 0 Å². The number of esters is 1. The van der Waals surface area contributed by atoms with Gasteiger partial charge in [-0.1, -0.05) is 35.9 Å². The van der Waals surface area contributed by atoms with Crippen molar-refractivity contribution in [3.05, 3.63) is 65.2 Å². The summed E-state index contributed by atoms with van der Waals surface area (Å²) < 4.78 is 15.4. The Morgan fingerprint density at radius 1 is 0.870 bits per heavy atom. The highest BCUT2D eigenvalue weighted by molar-refractivity contribution is 5.96. The molecule has 120 valence electrons. The van der Waals surface area contributed by atoms with Crippen LogP contribution >= 0.6 is 0 Å². The van der Waals surface area contributed by atoms with Gasteiger partial charge in [-0.25, -0.2) is 4.79 Å². The Kier molecular flexibility index (Phi) is 5.41. The van der Waals surface area contributed by atoms with Crippen molar-refractivity contribution in [3.8, 4) is 11.5 Å².